The molecule has 0 spiro atoms. The Labute approximate surface area is 185 Å². The van der Waals surface area contributed by atoms with Crippen LogP contribution in [0.2, 0.25) is 0 Å². The maximum absolute atomic E-state index is 13.1. The van der Waals surface area contributed by atoms with Crippen molar-refractivity contribution in [3.63, 3.8) is 0 Å². The standard InChI is InChI=1S/C23H32N4O3S/c1-17(28)25-13-14-27-21(15-24-22(27)16-25)18-9-11-26(12-10-18)31(29,30)20-7-5-19(6-8-20)23(2,3)4/h5-8,15,18H,9-14,16H2,1-4H3. The van der Waals surface area contributed by atoms with Gasteiger partial charge in [0.2, 0.25) is 15.9 Å². The lowest BCUT2D eigenvalue weighted by molar-refractivity contribution is -0.130. The molecule has 0 atom stereocenters. The number of rotatable bonds is 3. The van der Waals surface area contributed by atoms with Crippen molar-refractivity contribution in [1.29, 1.82) is 0 Å². The number of carbonyl (C=O) groups is 1. The molecule has 1 amide bonds. The van der Waals surface area contributed by atoms with E-state index in [9.17, 15) is 13.2 Å². The molecule has 31 heavy (non-hydrogen) atoms. The molecule has 0 aliphatic carbocycles. The molecule has 4 rings (SSSR count). The summed E-state index contributed by atoms with van der Waals surface area (Å²) < 4.78 is 30.1. The number of benzene rings is 1. The van der Waals surface area contributed by atoms with Gasteiger partial charge in [-0.2, -0.15) is 4.31 Å². The normalized spacial score (nSPS) is 18.8. The highest BCUT2D eigenvalue weighted by atomic mass is 32.2. The van der Waals surface area contributed by atoms with E-state index in [2.05, 4.69) is 30.3 Å². The number of hydrogen-bond acceptors (Lipinski definition) is 4. The number of amides is 1. The van der Waals surface area contributed by atoms with Crippen molar-refractivity contribution in [3.8, 4) is 0 Å². The summed E-state index contributed by atoms with van der Waals surface area (Å²) in [5.74, 6) is 1.29. The van der Waals surface area contributed by atoms with Crippen molar-refractivity contribution in [3.05, 3.63) is 47.5 Å². The van der Waals surface area contributed by atoms with Crippen LogP contribution >= 0.6 is 0 Å². The van der Waals surface area contributed by atoms with Crippen molar-refractivity contribution in [2.45, 2.75) is 69.9 Å². The molecular formula is C23H32N4O3S. The Morgan fingerprint density at radius 1 is 1.03 bits per heavy atom. The summed E-state index contributed by atoms with van der Waals surface area (Å²) >= 11 is 0. The molecule has 0 bridgehead atoms. The largest absolute Gasteiger partial charge is 0.334 e. The van der Waals surface area contributed by atoms with Gasteiger partial charge in [-0.25, -0.2) is 13.4 Å². The molecule has 0 N–H and O–H groups in total. The fourth-order valence-corrected chi connectivity index (χ4v) is 6.02. The van der Waals surface area contributed by atoms with Crippen LogP contribution in [0.1, 0.15) is 63.5 Å². The van der Waals surface area contributed by atoms with E-state index in [1.54, 1.807) is 23.4 Å². The summed E-state index contributed by atoms with van der Waals surface area (Å²) in [4.78, 5) is 18.4. The lowest BCUT2D eigenvalue weighted by Gasteiger charge is -2.33. The van der Waals surface area contributed by atoms with Crippen LogP contribution < -0.4 is 0 Å². The van der Waals surface area contributed by atoms with E-state index in [0.29, 0.717) is 37.0 Å². The van der Waals surface area contributed by atoms with Crippen molar-refractivity contribution in [2.24, 2.45) is 0 Å². The molecule has 1 saturated heterocycles. The van der Waals surface area contributed by atoms with Gasteiger partial charge < -0.3 is 9.47 Å². The van der Waals surface area contributed by atoms with Gasteiger partial charge in [-0.15, -0.1) is 0 Å². The molecular weight excluding hydrogens is 412 g/mol. The zero-order valence-electron chi connectivity index (χ0n) is 18.8. The van der Waals surface area contributed by atoms with Crippen molar-refractivity contribution in [2.75, 3.05) is 19.6 Å². The van der Waals surface area contributed by atoms with Crippen LogP contribution in [-0.4, -0.2) is 52.7 Å². The van der Waals surface area contributed by atoms with Crippen LogP contribution in [-0.2, 0) is 33.3 Å². The van der Waals surface area contributed by atoms with Crippen molar-refractivity contribution in [1.82, 2.24) is 18.8 Å². The second-order valence-electron chi connectivity index (χ2n) is 9.64. The lowest BCUT2D eigenvalue weighted by atomic mass is 9.87. The van der Waals surface area contributed by atoms with Crippen LogP contribution in [0.5, 0.6) is 0 Å². The number of carbonyl (C=O) groups excluding carboxylic acids is 1. The highest BCUT2D eigenvalue weighted by molar-refractivity contribution is 7.89. The Hall–Kier alpha value is -2.19. The Morgan fingerprint density at radius 3 is 2.26 bits per heavy atom. The van der Waals surface area contributed by atoms with E-state index in [4.69, 9.17) is 0 Å². The number of nitrogens with zero attached hydrogens (tertiary/aromatic N) is 4. The molecule has 7 nitrogen and oxygen atoms in total. The number of piperidine rings is 1. The molecule has 8 heteroatoms. The van der Waals surface area contributed by atoms with Gasteiger partial charge in [-0.3, -0.25) is 4.79 Å². The fraction of sp³-hybridized carbons (Fsp3) is 0.565. The molecule has 1 aromatic carbocycles. The van der Waals surface area contributed by atoms with Gasteiger partial charge in [0.05, 0.1) is 11.4 Å². The number of fused-ring (bicyclic) bond motifs is 1. The van der Waals surface area contributed by atoms with E-state index >= 15 is 0 Å². The summed E-state index contributed by atoms with van der Waals surface area (Å²) in [6.45, 7) is 11.0. The molecule has 3 heterocycles. The van der Waals surface area contributed by atoms with Gasteiger partial charge in [0.15, 0.2) is 0 Å². The molecule has 168 valence electrons. The van der Waals surface area contributed by atoms with Gasteiger partial charge in [0.25, 0.3) is 0 Å². The summed E-state index contributed by atoms with van der Waals surface area (Å²) in [6.07, 6.45) is 3.47. The Balaban J connectivity index is 1.44. The number of sulfonamides is 1. The molecule has 1 aromatic heterocycles. The van der Waals surface area contributed by atoms with E-state index in [1.807, 2.05) is 23.2 Å². The van der Waals surface area contributed by atoms with Crippen molar-refractivity contribution >= 4 is 15.9 Å². The Bertz CT molecular complexity index is 1060. The van der Waals surface area contributed by atoms with E-state index < -0.39 is 10.0 Å². The van der Waals surface area contributed by atoms with Crippen LogP contribution in [0.25, 0.3) is 0 Å². The molecule has 2 aromatic rings. The smallest absolute Gasteiger partial charge is 0.243 e. The molecule has 0 radical (unpaired) electrons. The average Bonchev–Trinajstić information content (AvgIpc) is 3.16. The minimum atomic E-state index is -3.48. The number of hydrogen-bond donors (Lipinski definition) is 0. The second-order valence-corrected chi connectivity index (χ2v) is 11.6. The minimum absolute atomic E-state index is 0.00747. The summed E-state index contributed by atoms with van der Waals surface area (Å²) in [5.41, 5.74) is 2.29. The zero-order chi connectivity index (χ0) is 22.4. The zero-order valence-corrected chi connectivity index (χ0v) is 19.7. The lowest BCUT2D eigenvalue weighted by Crippen LogP contribution is -2.39. The van der Waals surface area contributed by atoms with Gasteiger partial charge in [-0.1, -0.05) is 32.9 Å². The topological polar surface area (TPSA) is 75.5 Å². The van der Waals surface area contributed by atoms with Crippen LogP contribution in [0, 0.1) is 0 Å². The fourth-order valence-electron chi connectivity index (χ4n) is 4.55. The number of imidazole rings is 1. The molecule has 0 unspecified atom stereocenters. The van der Waals surface area contributed by atoms with Crippen LogP contribution in [0.4, 0.5) is 0 Å². The van der Waals surface area contributed by atoms with Gasteiger partial charge in [0.1, 0.15) is 5.82 Å². The van der Waals surface area contributed by atoms with Gasteiger partial charge >= 0.3 is 0 Å². The van der Waals surface area contributed by atoms with E-state index in [0.717, 1.165) is 30.8 Å². The average molecular weight is 445 g/mol. The third-order valence-corrected chi connectivity index (χ3v) is 8.48. The molecule has 1 fully saturated rings. The molecule has 2 aliphatic rings. The second kappa shape index (κ2) is 8.06. The van der Waals surface area contributed by atoms with E-state index in [1.165, 1.54) is 5.69 Å². The highest BCUT2D eigenvalue weighted by Gasteiger charge is 2.32. The molecule has 0 saturated carbocycles. The maximum Gasteiger partial charge on any atom is 0.243 e. The van der Waals surface area contributed by atoms with Crippen molar-refractivity contribution < 1.29 is 13.2 Å². The van der Waals surface area contributed by atoms with Gasteiger partial charge in [0, 0.05) is 50.9 Å². The summed E-state index contributed by atoms with van der Waals surface area (Å²) in [5, 5.41) is 0. The van der Waals surface area contributed by atoms with Crippen LogP contribution in [0.3, 0.4) is 0 Å². The van der Waals surface area contributed by atoms with E-state index in [-0.39, 0.29) is 11.3 Å². The highest BCUT2D eigenvalue weighted by Crippen LogP contribution is 2.33. The maximum atomic E-state index is 13.1. The monoisotopic (exact) mass is 444 g/mol. The Morgan fingerprint density at radius 2 is 1.68 bits per heavy atom. The first-order valence-electron chi connectivity index (χ1n) is 11.0. The number of aromatic nitrogens is 2. The predicted molar refractivity (Wildman–Crippen MR) is 119 cm³/mol. The van der Waals surface area contributed by atoms with Gasteiger partial charge in [-0.05, 0) is 36.0 Å². The summed E-state index contributed by atoms with van der Waals surface area (Å²) in [7, 11) is -3.48. The third-order valence-electron chi connectivity index (χ3n) is 6.57. The summed E-state index contributed by atoms with van der Waals surface area (Å²) in [6, 6.07) is 7.30. The van der Waals surface area contributed by atoms with Crippen LogP contribution in [0.15, 0.2) is 35.4 Å². The first-order chi connectivity index (χ1) is 14.6. The SMILES string of the molecule is CC(=O)N1CCn2c(C3CCN(S(=O)(=O)c4ccc(C(C)(C)C)cc4)CC3)cnc2C1. The first-order valence-corrected chi connectivity index (χ1v) is 12.4. The quantitative estimate of drug-likeness (QED) is 0.729. The minimum Gasteiger partial charge on any atom is -0.334 e. The molecule has 2 aliphatic heterocycles. The Kier molecular flexibility index (Phi) is 5.72. The first kappa shape index (κ1) is 22.0. The predicted octanol–water partition coefficient (Wildman–Crippen LogP) is 3.11. The third kappa shape index (κ3) is 4.28.